The number of rotatable bonds is 5. The molecule has 28 heavy (non-hydrogen) atoms. The number of hydrogen-bond acceptors (Lipinski definition) is 6. The largest absolute Gasteiger partial charge is 0.481 e. The van der Waals surface area contributed by atoms with E-state index in [9.17, 15) is 24.8 Å². The summed E-state index contributed by atoms with van der Waals surface area (Å²) >= 11 is 0. The molecule has 1 saturated heterocycles. The van der Waals surface area contributed by atoms with Gasteiger partial charge in [-0.3, -0.25) is 19.7 Å². The minimum atomic E-state index is -0.871. The molecule has 0 unspecified atom stereocenters. The smallest absolute Gasteiger partial charge is 0.308 e. The zero-order valence-electron chi connectivity index (χ0n) is 15.2. The lowest BCUT2D eigenvalue weighted by Crippen LogP contribution is -2.30. The molecule has 1 aromatic carbocycles. The quantitative estimate of drug-likeness (QED) is 0.611. The van der Waals surface area contributed by atoms with Crippen molar-refractivity contribution >= 4 is 17.6 Å². The van der Waals surface area contributed by atoms with E-state index in [0.29, 0.717) is 23.8 Å². The van der Waals surface area contributed by atoms with Gasteiger partial charge in [-0.2, -0.15) is 0 Å². The lowest BCUT2D eigenvalue weighted by atomic mass is 9.92. The first-order chi connectivity index (χ1) is 13.4. The van der Waals surface area contributed by atoms with E-state index in [1.165, 1.54) is 27.8 Å². The van der Waals surface area contributed by atoms with Crippen LogP contribution in [0.4, 0.5) is 5.69 Å². The Morgan fingerprint density at radius 1 is 1.29 bits per heavy atom. The summed E-state index contributed by atoms with van der Waals surface area (Å²) in [5.41, 5.74) is 0.926. The summed E-state index contributed by atoms with van der Waals surface area (Å²) in [5.74, 6) is -1.43. The summed E-state index contributed by atoms with van der Waals surface area (Å²) < 4.78 is 1.38. The number of carbonyl (C=O) groups excluding carboxylic acids is 1. The zero-order chi connectivity index (χ0) is 20.0. The van der Waals surface area contributed by atoms with Crippen LogP contribution in [0.2, 0.25) is 0 Å². The van der Waals surface area contributed by atoms with Gasteiger partial charge in [0.1, 0.15) is 0 Å². The molecule has 4 rings (SSSR count). The summed E-state index contributed by atoms with van der Waals surface area (Å²) in [4.78, 5) is 36.5. The molecule has 2 aliphatic rings. The average molecular weight is 385 g/mol. The first-order valence-corrected chi connectivity index (χ1v) is 9.06. The Hall–Kier alpha value is -3.30. The van der Waals surface area contributed by atoms with E-state index >= 15 is 0 Å². The van der Waals surface area contributed by atoms with Crippen LogP contribution in [-0.4, -0.2) is 54.9 Å². The SMILES string of the molecule is Cc1c(C(=O)N2C[C@H](C(=O)O)[C@@H](C3CC3)C2)nnn1-c1cccc([N+](=O)[O-])c1. The van der Waals surface area contributed by atoms with Gasteiger partial charge in [0.2, 0.25) is 0 Å². The van der Waals surface area contributed by atoms with E-state index in [0.717, 1.165) is 12.8 Å². The molecule has 146 valence electrons. The lowest BCUT2D eigenvalue weighted by molar-refractivity contribution is -0.384. The highest BCUT2D eigenvalue weighted by Crippen LogP contribution is 2.44. The van der Waals surface area contributed by atoms with Crippen molar-refractivity contribution in [2.45, 2.75) is 19.8 Å². The molecule has 2 aromatic rings. The van der Waals surface area contributed by atoms with Crippen molar-refractivity contribution in [3.05, 3.63) is 45.8 Å². The summed E-state index contributed by atoms with van der Waals surface area (Å²) in [5, 5.41) is 28.4. The first kappa shape index (κ1) is 18.1. The maximum atomic E-state index is 13.0. The molecule has 2 heterocycles. The van der Waals surface area contributed by atoms with Crippen LogP contribution >= 0.6 is 0 Å². The Kier molecular flexibility index (Phi) is 4.33. The number of carboxylic acids is 1. The Balaban J connectivity index is 1.59. The summed E-state index contributed by atoms with van der Waals surface area (Å²) in [6.07, 6.45) is 2.02. The molecule has 2 fully saturated rings. The number of nitro groups is 1. The molecule has 1 N–H and O–H groups in total. The second kappa shape index (κ2) is 6.70. The van der Waals surface area contributed by atoms with Gasteiger partial charge in [-0.25, -0.2) is 4.68 Å². The number of nitro benzene ring substituents is 1. The van der Waals surface area contributed by atoms with Crippen LogP contribution in [-0.2, 0) is 4.79 Å². The normalized spacial score (nSPS) is 21.7. The van der Waals surface area contributed by atoms with Crippen molar-refractivity contribution in [1.82, 2.24) is 19.9 Å². The number of nitrogens with zero attached hydrogens (tertiary/aromatic N) is 5. The minimum absolute atomic E-state index is 0.0198. The van der Waals surface area contributed by atoms with Crippen LogP contribution in [0.15, 0.2) is 24.3 Å². The molecular formula is C18H19N5O5. The molecule has 1 aromatic heterocycles. The Morgan fingerprint density at radius 3 is 2.68 bits per heavy atom. The molecule has 1 aliphatic heterocycles. The highest BCUT2D eigenvalue weighted by Gasteiger charge is 2.47. The number of benzene rings is 1. The van der Waals surface area contributed by atoms with E-state index in [1.54, 1.807) is 13.0 Å². The fourth-order valence-electron chi connectivity index (χ4n) is 3.92. The van der Waals surface area contributed by atoms with Crippen LogP contribution < -0.4 is 0 Å². The molecule has 0 radical (unpaired) electrons. The average Bonchev–Trinajstić information content (AvgIpc) is 3.29. The molecule has 1 saturated carbocycles. The van der Waals surface area contributed by atoms with Crippen molar-refractivity contribution < 1.29 is 19.6 Å². The molecule has 2 atom stereocenters. The van der Waals surface area contributed by atoms with Gasteiger partial charge >= 0.3 is 5.97 Å². The third kappa shape index (κ3) is 3.10. The molecule has 1 amide bonds. The van der Waals surface area contributed by atoms with Crippen LogP contribution in [0.3, 0.4) is 0 Å². The number of amides is 1. The minimum Gasteiger partial charge on any atom is -0.481 e. The summed E-state index contributed by atoms with van der Waals surface area (Å²) in [6.45, 7) is 2.23. The second-order valence-electron chi connectivity index (χ2n) is 7.37. The van der Waals surface area contributed by atoms with E-state index < -0.39 is 16.8 Å². The topological polar surface area (TPSA) is 131 Å². The van der Waals surface area contributed by atoms with E-state index in [4.69, 9.17) is 0 Å². The van der Waals surface area contributed by atoms with Crippen molar-refractivity contribution in [2.24, 2.45) is 17.8 Å². The van der Waals surface area contributed by atoms with Crippen molar-refractivity contribution in [1.29, 1.82) is 0 Å². The van der Waals surface area contributed by atoms with Crippen LogP contribution in [0.1, 0.15) is 29.0 Å². The molecule has 0 spiro atoms. The maximum absolute atomic E-state index is 13.0. The number of hydrogen-bond donors (Lipinski definition) is 1. The fraction of sp³-hybridized carbons (Fsp3) is 0.444. The number of aromatic nitrogens is 3. The van der Waals surface area contributed by atoms with E-state index in [2.05, 4.69) is 10.3 Å². The van der Waals surface area contributed by atoms with Crippen molar-refractivity contribution in [3.63, 3.8) is 0 Å². The molecule has 0 bridgehead atoms. The number of aliphatic carboxylic acids is 1. The zero-order valence-corrected chi connectivity index (χ0v) is 15.2. The maximum Gasteiger partial charge on any atom is 0.308 e. The summed E-state index contributed by atoms with van der Waals surface area (Å²) in [7, 11) is 0. The van der Waals surface area contributed by atoms with Gasteiger partial charge in [0.25, 0.3) is 11.6 Å². The van der Waals surface area contributed by atoms with Crippen LogP contribution in [0.25, 0.3) is 5.69 Å². The van der Waals surface area contributed by atoms with Gasteiger partial charge in [-0.15, -0.1) is 5.10 Å². The Bertz CT molecular complexity index is 967. The van der Waals surface area contributed by atoms with Gasteiger partial charge < -0.3 is 10.0 Å². The van der Waals surface area contributed by atoms with E-state index in [1.807, 2.05) is 0 Å². The van der Waals surface area contributed by atoms with Gasteiger partial charge in [0.05, 0.1) is 22.2 Å². The Labute approximate surface area is 159 Å². The summed E-state index contributed by atoms with van der Waals surface area (Å²) in [6, 6.07) is 5.90. The number of carbonyl (C=O) groups is 2. The molecule has 10 nitrogen and oxygen atoms in total. The molecule has 10 heteroatoms. The Morgan fingerprint density at radius 2 is 2.04 bits per heavy atom. The van der Waals surface area contributed by atoms with Gasteiger partial charge in [-0.05, 0) is 37.7 Å². The fourth-order valence-corrected chi connectivity index (χ4v) is 3.92. The van der Waals surface area contributed by atoms with Crippen molar-refractivity contribution in [3.8, 4) is 5.69 Å². The number of likely N-dealkylation sites (tertiary alicyclic amines) is 1. The highest BCUT2D eigenvalue weighted by molar-refractivity contribution is 5.94. The molecular weight excluding hydrogens is 366 g/mol. The van der Waals surface area contributed by atoms with Crippen LogP contribution in [0.5, 0.6) is 0 Å². The first-order valence-electron chi connectivity index (χ1n) is 9.06. The van der Waals surface area contributed by atoms with Gasteiger partial charge in [0, 0.05) is 25.2 Å². The predicted octanol–water partition coefficient (Wildman–Crippen LogP) is 1.67. The standard InChI is InChI=1S/C18H19N5O5/c1-10-16(19-20-22(10)12-3-2-4-13(7-12)23(27)28)17(24)21-8-14(11-5-6-11)15(9-21)18(25)26/h2-4,7,11,14-15H,5-6,8-9H2,1H3,(H,25,26)/t14-,15+/m1/s1. The number of carboxylic acid groups (broad SMARTS) is 1. The molecule has 1 aliphatic carbocycles. The predicted molar refractivity (Wildman–Crippen MR) is 96.0 cm³/mol. The van der Waals surface area contributed by atoms with E-state index in [-0.39, 0.29) is 29.8 Å². The third-order valence-electron chi connectivity index (χ3n) is 5.58. The van der Waals surface area contributed by atoms with Gasteiger partial charge in [0.15, 0.2) is 5.69 Å². The lowest BCUT2D eigenvalue weighted by Gasteiger charge is -2.15. The highest BCUT2D eigenvalue weighted by atomic mass is 16.6. The monoisotopic (exact) mass is 385 g/mol. The third-order valence-corrected chi connectivity index (χ3v) is 5.58. The second-order valence-corrected chi connectivity index (χ2v) is 7.37. The number of non-ortho nitro benzene ring substituents is 1. The van der Waals surface area contributed by atoms with Crippen LogP contribution in [0, 0.1) is 34.8 Å². The van der Waals surface area contributed by atoms with Crippen molar-refractivity contribution in [2.75, 3.05) is 13.1 Å². The van der Waals surface area contributed by atoms with Gasteiger partial charge in [-0.1, -0.05) is 11.3 Å².